The van der Waals surface area contributed by atoms with Gasteiger partial charge in [0.25, 0.3) is 0 Å². The van der Waals surface area contributed by atoms with E-state index in [1.54, 1.807) is 0 Å². The predicted molar refractivity (Wildman–Crippen MR) is 65.8 cm³/mol. The SMILES string of the molecule is CC.CC.CN=C(C)C(C)=C(C)C. The molecule has 1 heteroatoms. The molecule has 0 N–H and O–H groups in total. The highest BCUT2D eigenvalue weighted by molar-refractivity contribution is 5.98. The van der Waals surface area contributed by atoms with Crippen LogP contribution in [0, 0.1) is 0 Å². The number of hydrogen-bond acceptors (Lipinski definition) is 1. The van der Waals surface area contributed by atoms with E-state index >= 15 is 0 Å². The summed E-state index contributed by atoms with van der Waals surface area (Å²) in [5.41, 5.74) is 3.78. The van der Waals surface area contributed by atoms with Crippen molar-refractivity contribution in [2.24, 2.45) is 4.99 Å². The molecule has 0 bridgehead atoms. The van der Waals surface area contributed by atoms with E-state index < -0.39 is 0 Å². The normalized spacial score (nSPS) is 8.85. The highest BCUT2D eigenvalue weighted by Gasteiger charge is 1.93. The molecule has 80 valence electrons. The molecule has 0 aliphatic heterocycles. The van der Waals surface area contributed by atoms with Gasteiger partial charge < -0.3 is 0 Å². The summed E-state index contributed by atoms with van der Waals surface area (Å²) in [6, 6.07) is 0. The van der Waals surface area contributed by atoms with Crippen LogP contribution in [0.25, 0.3) is 0 Å². The Kier molecular flexibility index (Phi) is 19.6. The second-order valence-corrected chi connectivity index (χ2v) is 2.43. The van der Waals surface area contributed by atoms with Crippen molar-refractivity contribution in [3.05, 3.63) is 11.1 Å². The van der Waals surface area contributed by atoms with Crippen LogP contribution in [0.3, 0.4) is 0 Å². The van der Waals surface area contributed by atoms with Crippen molar-refractivity contribution >= 4 is 5.71 Å². The number of nitrogens with zero attached hydrogens (tertiary/aromatic N) is 1. The van der Waals surface area contributed by atoms with Gasteiger partial charge in [-0.1, -0.05) is 33.3 Å². The van der Waals surface area contributed by atoms with Crippen molar-refractivity contribution in [3.63, 3.8) is 0 Å². The standard InChI is InChI=1S/C8H15N.2C2H6/c1-6(2)7(3)8(4)9-5;2*1-2/h1-5H3;2*1-2H3. The zero-order valence-electron chi connectivity index (χ0n) is 10.9. The Bertz CT molecular complexity index is 149. The molecule has 0 saturated carbocycles. The first-order chi connectivity index (χ1) is 6.09. The Morgan fingerprint density at radius 3 is 1.15 bits per heavy atom. The van der Waals surface area contributed by atoms with E-state index in [0.29, 0.717) is 0 Å². The van der Waals surface area contributed by atoms with Crippen LogP contribution in [-0.2, 0) is 0 Å². The Morgan fingerprint density at radius 1 is 0.769 bits per heavy atom. The predicted octanol–water partition coefficient (Wildman–Crippen LogP) is 4.49. The van der Waals surface area contributed by atoms with Crippen molar-refractivity contribution < 1.29 is 0 Å². The molecule has 13 heavy (non-hydrogen) atoms. The minimum Gasteiger partial charge on any atom is -0.293 e. The van der Waals surface area contributed by atoms with Crippen LogP contribution in [0.1, 0.15) is 55.4 Å². The first kappa shape index (κ1) is 18.2. The van der Waals surface area contributed by atoms with Gasteiger partial charge in [0.1, 0.15) is 0 Å². The van der Waals surface area contributed by atoms with Crippen molar-refractivity contribution in [2.45, 2.75) is 55.4 Å². The minimum atomic E-state index is 1.13. The summed E-state index contributed by atoms with van der Waals surface area (Å²) < 4.78 is 0. The molecule has 0 atom stereocenters. The molecule has 0 fully saturated rings. The molecule has 0 aliphatic rings. The van der Waals surface area contributed by atoms with Crippen molar-refractivity contribution in [2.75, 3.05) is 7.05 Å². The van der Waals surface area contributed by atoms with Crippen molar-refractivity contribution in [1.82, 2.24) is 0 Å². The summed E-state index contributed by atoms with van der Waals surface area (Å²) in [6.07, 6.45) is 0. The third kappa shape index (κ3) is 11.4. The fraction of sp³-hybridized carbons (Fsp3) is 0.750. The van der Waals surface area contributed by atoms with Gasteiger partial charge in [-0.15, -0.1) is 0 Å². The lowest BCUT2D eigenvalue weighted by atomic mass is 10.1. The van der Waals surface area contributed by atoms with E-state index in [1.165, 1.54) is 11.1 Å². The molecule has 0 aromatic rings. The van der Waals surface area contributed by atoms with E-state index in [-0.39, 0.29) is 0 Å². The lowest BCUT2D eigenvalue weighted by Gasteiger charge is -2.00. The molecule has 1 nitrogen and oxygen atoms in total. The molecule has 0 heterocycles. The second kappa shape index (κ2) is 14.0. The van der Waals surface area contributed by atoms with Gasteiger partial charge in [-0.05, 0) is 33.3 Å². The highest BCUT2D eigenvalue weighted by atomic mass is 14.7. The van der Waals surface area contributed by atoms with Gasteiger partial charge in [0.15, 0.2) is 0 Å². The maximum Gasteiger partial charge on any atom is 0.0342 e. The van der Waals surface area contributed by atoms with Crippen LogP contribution < -0.4 is 0 Å². The summed E-state index contributed by atoms with van der Waals surface area (Å²) in [6.45, 7) is 16.3. The third-order valence-electron chi connectivity index (χ3n) is 1.63. The summed E-state index contributed by atoms with van der Waals surface area (Å²) in [4.78, 5) is 4.07. The van der Waals surface area contributed by atoms with Gasteiger partial charge in [0.05, 0.1) is 0 Å². The smallest absolute Gasteiger partial charge is 0.0342 e. The number of hydrogen-bond donors (Lipinski definition) is 0. The fourth-order valence-electron chi connectivity index (χ4n) is 0.530. The topological polar surface area (TPSA) is 12.4 Å². The van der Waals surface area contributed by atoms with Gasteiger partial charge >= 0.3 is 0 Å². The van der Waals surface area contributed by atoms with Crippen LogP contribution in [-0.4, -0.2) is 12.8 Å². The summed E-state index contributed by atoms with van der Waals surface area (Å²) in [5.74, 6) is 0. The van der Waals surface area contributed by atoms with Crippen LogP contribution in [0.15, 0.2) is 16.1 Å². The Morgan fingerprint density at radius 2 is 1.08 bits per heavy atom. The maximum atomic E-state index is 4.07. The maximum absolute atomic E-state index is 4.07. The zero-order chi connectivity index (χ0) is 11.4. The molecule has 0 saturated heterocycles. The first-order valence-electron chi connectivity index (χ1n) is 5.17. The quantitative estimate of drug-likeness (QED) is 0.534. The second-order valence-electron chi connectivity index (χ2n) is 2.43. The van der Waals surface area contributed by atoms with Gasteiger partial charge in [-0.2, -0.15) is 0 Å². The van der Waals surface area contributed by atoms with Crippen LogP contribution in [0.5, 0.6) is 0 Å². The fourth-order valence-corrected chi connectivity index (χ4v) is 0.530. The van der Waals surface area contributed by atoms with Gasteiger partial charge in [-0.3, -0.25) is 4.99 Å². The monoisotopic (exact) mass is 185 g/mol. The molecule has 0 unspecified atom stereocenters. The average Bonchev–Trinajstić information content (AvgIpc) is 2.21. The molecule has 0 aromatic heterocycles. The summed E-state index contributed by atoms with van der Waals surface area (Å²) >= 11 is 0. The molecule has 0 rings (SSSR count). The van der Waals surface area contributed by atoms with Gasteiger partial charge in [0, 0.05) is 12.8 Å². The molecule has 0 radical (unpaired) electrons. The van der Waals surface area contributed by atoms with Crippen LogP contribution >= 0.6 is 0 Å². The van der Waals surface area contributed by atoms with E-state index in [9.17, 15) is 0 Å². The lowest BCUT2D eigenvalue weighted by molar-refractivity contribution is 1.29. The average molecular weight is 185 g/mol. The van der Waals surface area contributed by atoms with Gasteiger partial charge in [-0.25, -0.2) is 0 Å². The largest absolute Gasteiger partial charge is 0.293 e. The number of rotatable bonds is 1. The molecule has 0 amide bonds. The van der Waals surface area contributed by atoms with Gasteiger partial charge in [0.2, 0.25) is 0 Å². The Hall–Kier alpha value is -0.590. The minimum absolute atomic E-state index is 1.13. The third-order valence-corrected chi connectivity index (χ3v) is 1.63. The molecular formula is C12H27N. The lowest BCUT2D eigenvalue weighted by Crippen LogP contribution is -1.94. The zero-order valence-corrected chi connectivity index (χ0v) is 10.9. The Balaban J connectivity index is -0.000000218. The van der Waals surface area contributed by atoms with Crippen molar-refractivity contribution in [1.29, 1.82) is 0 Å². The molecule has 0 spiro atoms. The van der Waals surface area contributed by atoms with E-state index in [1.807, 2.05) is 41.7 Å². The van der Waals surface area contributed by atoms with E-state index in [2.05, 4.69) is 25.8 Å². The summed E-state index contributed by atoms with van der Waals surface area (Å²) in [7, 11) is 1.82. The molecule has 0 aromatic carbocycles. The number of aliphatic imine (C=N–C) groups is 1. The Labute approximate surface area is 85.0 Å². The number of allylic oxidation sites excluding steroid dienone is 2. The highest BCUT2D eigenvalue weighted by Crippen LogP contribution is 2.03. The summed E-state index contributed by atoms with van der Waals surface area (Å²) in [5, 5.41) is 0. The van der Waals surface area contributed by atoms with E-state index in [4.69, 9.17) is 0 Å². The first-order valence-corrected chi connectivity index (χ1v) is 5.17. The van der Waals surface area contributed by atoms with Crippen LogP contribution in [0.2, 0.25) is 0 Å². The van der Waals surface area contributed by atoms with Crippen LogP contribution in [0.4, 0.5) is 0 Å². The molecule has 0 aliphatic carbocycles. The van der Waals surface area contributed by atoms with Crippen molar-refractivity contribution in [3.8, 4) is 0 Å². The molecular weight excluding hydrogens is 158 g/mol. The van der Waals surface area contributed by atoms with E-state index in [0.717, 1.165) is 5.71 Å².